The number of hydrogen-bond donors (Lipinski definition) is 1. The molecule has 5 heteroatoms. The summed E-state index contributed by atoms with van der Waals surface area (Å²) in [7, 11) is 3.83. The summed E-state index contributed by atoms with van der Waals surface area (Å²) in [6.07, 6.45) is -0.872. The molecule has 16 heavy (non-hydrogen) atoms. The third-order valence-electron chi connectivity index (χ3n) is 3.79. The van der Waals surface area contributed by atoms with Crippen LogP contribution < -0.4 is 5.73 Å². The van der Waals surface area contributed by atoms with Gasteiger partial charge in [-0.15, -0.1) is 0 Å². The van der Waals surface area contributed by atoms with Gasteiger partial charge in [0, 0.05) is 18.0 Å². The van der Waals surface area contributed by atoms with Crippen molar-refractivity contribution in [1.29, 1.82) is 0 Å². The van der Waals surface area contributed by atoms with Gasteiger partial charge in [0.1, 0.15) is 0 Å². The first-order chi connectivity index (χ1) is 7.28. The molecule has 0 amide bonds. The summed E-state index contributed by atoms with van der Waals surface area (Å²) < 4.78 is 36.5. The Hall–Kier alpha value is -0.290. The van der Waals surface area contributed by atoms with Crippen LogP contribution in [-0.2, 0) is 0 Å². The summed E-state index contributed by atoms with van der Waals surface area (Å²) in [5, 5.41) is 0. The average Bonchev–Trinajstić information content (AvgIpc) is 2.62. The quantitative estimate of drug-likeness (QED) is 0.815. The van der Waals surface area contributed by atoms with Crippen molar-refractivity contribution < 1.29 is 13.2 Å². The molecule has 0 aliphatic heterocycles. The normalized spacial score (nSPS) is 22.7. The number of alkyl halides is 3. The Morgan fingerprint density at radius 2 is 1.75 bits per heavy atom. The fraction of sp³-hybridized carbons (Fsp3) is 1.00. The first kappa shape index (κ1) is 13.8. The molecule has 0 saturated heterocycles. The topological polar surface area (TPSA) is 29.3 Å². The van der Waals surface area contributed by atoms with Crippen molar-refractivity contribution in [2.75, 3.05) is 14.1 Å². The molecule has 1 fully saturated rings. The standard InChI is InChI=1S/C11H21F3N2/c1-16(2)10(6-3-4-7-10)9(15)5-8-11(12,13)14/h9H,3-8,15H2,1-2H3. The zero-order chi connectivity index (χ0) is 12.4. The van der Waals surface area contributed by atoms with Crippen LogP contribution in [0.5, 0.6) is 0 Å². The fourth-order valence-electron chi connectivity index (χ4n) is 2.72. The van der Waals surface area contributed by atoms with Crippen LogP contribution in [0.15, 0.2) is 0 Å². The molecule has 0 spiro atoms. The van der Waals surface area contributed by atoms with Crippen LogP contribution in [-0.4, -0.2) is 36.8 Å². The number of halogens is 3. The molecule has 0 bridgehead atoms. The van der Waals surface area contributed by atoms with Crippen molar-refractivity contribution >= 4 is 0 Å². The summed E-state index contributed by atoms with van der Waals surface area (Å²) in [4.78, 5) is 2.01. The zero-order valence-electron chi connectivity index (χ0n) is 9.98. The molecule has 0 aromatic heterocycles. The van der Waals surface area contributed by atoms with Gasteiger partial charge in [0.15, 0.2) is 0 Å². The molecule has 96 valence electrons. The largest absolute Gasteiger partial charge is 0.389 e. The van der Waals surface area contributed by atoms with Gasteiger partial charge >= 0.3 is 6.18 Å². The Kier molecular flexibility index (Phi) is 4.23. The van der Waals surface area contributed by atoms with E-state index >= 15 is 0 Å². The van der Waals surface area contributed by atoms with Crippen LogP contribution in [0, 0.1) is 0 Å². The van der Waals surface area contributed by atoms with E-state index in [0.717, 1.165) is 25.7 Å². The molecule has 1 rings (SSSR count). The Balaban J connectivity index is 2.59. The molecule has 1 atom stereocenters. The first-order valence-electron chi connectivity index (χ1n) is 5.78. The maximum Gasteiger partial charge on any atom is 0.389 e. The lowest BCUT2D eigenvalue weighted by Crippen LogP contribution is -2.55. The first-order valence-corrected chi connectivity index (χ1v) is 5.78. The monoisotopic (exact) mass is 238 g/mol. The predicted molar refractivity (Wildman–Crippen MR) is 58.2 cm³/mol. The number of hydrogen-bond acceptors (Lipinski definition) is 2. The highest BCUT2D eigenvalue weighted by atomic mass is 19.4. The van der Waals surface area contributed by atoms with Crippen LogP contribution in [0.4, 0.5) is 13.2 Å². The lowest BCUT2D eigenvalue weighted by Gasteiger charge is -2.41. The summed E-state index contributed by atoms with van der Waals surface area (Å²) in [6.45, 7) is 0. The van der Waals surface area contributed by atoms with Crippen LogP contribution in [0.2, 0.25) is 0 Å². The molecule has 2 nitrogen and oxygen atoms in total. The van der Waals surface area contributed by atoms with Gasteiger partial charge < -0.3 is 10.6 Å². The van der Waals surface area contributed by atoms with Crippen molar-refractivity contribution in [2.24, 2.45) is 5.73 Å². The van der Waals surface area contributed by atoms with Gasteiger partial charge in [-0.2, -0.15) is 13.2 Å². The lowest BCUT2D eigenvalue weighted by atomic mass is 9.84. The summed E-state index contributed by atoms with van der Waals surface area (Å²) in [5.74, 6) is 0. The molecular formula is C11H21F3N2. The highest BCUT2D eigenvalue weighted by Crippen LogP contribution is 2.38. The molecule has 0 aromatic rings. The van der Waals surface area contributed by atoms with E-state index in [1.54, 1.807) is 0 Å². The van der Waals surface area contributed by atoms with Crippen molar-refractivity contribution in [3.05, 3.63) is 0 Å². The average molecular weight is 238 g/mol. The van der Waals surface area contributed by atoms with Crippen LogP contribution in [0.1, 0.15) is 38.5 Å². The molecule has 0 radical (unpaired) electrons. The predicted octanol–water partition coefficient (Wildman–Crippen LogP) is 2.53. The second-order valence-electron chi connectivity index (χ2n) is 4.97. The molecule has 0 heterocycles. The Bertz CT molecular complexity index is 220. The molecule has 1 aliphatic rings. The second kappa shape index (κ2) is 4.92. The van der Waals surface area contributed by atoms with E-state index in [1.807, 2.05) is 19.0 Å². The smallest absolute Gasteiger partial charge is 0.326 e. The van der Waals surface area contributed by atoms with Gasteiger partial charge in [0.2, 0.25) is 0 Å². The Morgan fingerprint density at radius 1 is 1.25 bits per heavy atom. The van der Waals surface area contributed by atoms with Crippen molar-refractivity contribution in [1.82, 2.24) is 4.90 Å². The molecule has 1 unspecified atom stereocenters. The Labute approximate surface area is 95.0 Å². The van der Waals surface area contributed by atoms with E-state index in [2.05, 4.69) is 0 Å². The van der Waals surface area contributed by atoms with Gasteiger partial charge in [0.25, 0.3) is 0 Å². The minimum absolute atomic E-state index is 0.0294. The van der Waals surface area contributed by atoms with Crippen LogP contribution >= 0.6 is 0 Å². The number of nitrogens with zero attached hydrogens (tertiary/aromatic N) is 1. The molecule has 1 saturated carbocycles. The van der Waals surface area contributed by atoms with Crippen molar-refractivity contribution in [3.63, 3.8) is 0 Å². The van der Waals surface area contributed by atoms with E-state index in [0.29, 0.717) is 0 Å². The highest BCUT2D eigenvalue weighted by Gasteiger charge is 2.42. The third kappa shape index (κ3) is 3.10. The molecule has 1 aliphatic carbocycles. The highest BCUT2D eigenvalue weighted by molar-refractivity contribution is 5.00. The summed E-state index contributed by atoms with van der Waals surface area (Å²) >= 11 is 0. The van der Waals surface area contributed by atoms with Gasteiger partial charge in [-0.05, 0) is 33.4 Å². The van der Waals surface area contributed by atoms with Crippen LogP contribution in [0.3, 0.4) is 0 Å². The van der Waals surface area contributed by atoms with E-state index in [-0.39, 0.29) is 18.0 Å². The third-order valence-corrected chi connectivity index (χ3v) is 3.79. The van der Waals surface area contributed by atoms with E-state index in [9.17, 15) is 13.2 Å². The summed E-state index contributed by atoms with van der Waals surface area (Å²) in [5.41, 5.74) is 5.76. The van der Waals surface area contributed by atoms with Gasteiger partial charge in [-0.3, -0.25) is 0 Å². The van der Waals surface area contributed by atoms with E-state index in [4.69, 9.17) is 5.73 Å². The minimum Gasteiger partial charge on any atom is -0.326 e. The van der Waals surface area contributed by atoms with Crippen LogP contribution in [0.25, 0.3) is 0 Å². The molecule has 0 aromatic carbocycles. The van der Waals surface area contributed by atoms with E-state index in [1.165, 1.54) is 0 Å². The van der Waals surface area contributed by atoms with Crippen molar-refractivity contribution in [2.45, 2.75) is 56.3 Å². The number of likely N-dealkylation sites (N-methyl/N-ethyl adjacent to an activating group) is 1. The van der Waals surface area contributed by atoms with Gasteiger partial charge in [0.05, 0.1) is 0 Å². The maximum absolute atomic E-state index is 12.2. The zero-order valence-corrected chi connectivity index (χ0v) is 9.98. The Morgan fingerprint density at radius 3 is 2.12 bits per heavy atom. The van der Waals surface area contributed by atoms with Gasteiger partial charge in [-0.25, -0.2) is 0 Å². The second-order valence-corrected chi connectivity index (χ2v) is 4.97. The minimum atomic E-state index is -4.09. The van der Waals surface area contributed by atoms with E-state index < -0.39 is 12.6 Å². The number of rotatable bonds is 4. The van der Waals surface area contributed by atoms with Gasteiger partial charge in [-0.1, -0.05) is 12.8 Å². The van der Waals surface area contributed by atoms with Crippen molar-refractivity contribution in [3.8, 4) is 0 Å². The summed E-state index contributed by atoms with van der Waals surface area (Å²) in [6, 6.07) is -0.383. The number of nitrogens with two attached hydrogens (primary N) is 1. The fourth-order valence-corrected chi connectivity index (χ4v) is 2.72. The SMILES string of the molecule is CN(C)C1(C(N)CCC(F)(F)F)CCCC1. The molecular weight excluding hydrogens is 217 g/mol. The lowest BCUT2D eigenvalue weighted by molar-refractivity contribution is -0.137. The molecule has 2 N–H and O–H groups in total. The maximum atomic E-state index is 12.2.